The minimum Gasteiger partial charge on any atom is -0.456 e. The summed E-state index contributed by atoms with van der Waals surface area (Å²) in [4.78, 5) is 4.84. The van der Waals surface area contributed by atoms with Gasteiger partial charge in [0.05, 0.1) is 5.71 Å². The fourth-order valence-corrected chi connectivity index (χ4v) is 7.86. The molecule has 0 aliphatic rings. The van der Waals surface area contributed by atoms with Crippen molar-refractivity contribution in [2.45, 2.75) is 0 Å². The molecule has 0 aliphatic heterocycles. The molecule has 268 valence electrons. The van der Waals surface area contributed by atoms with Crippen LogP contribution in [-0.2, 0) is 0 Å². The molecule has 0 atom stereocenters. The first kappa shape index (κ1) is 33.9. The standard InChI is InChI=1S/C54H36N2O/c55-54(41-12-2-1-3-13-41)56-50(43-16-10-17-44(33-43)52-35-45-15-6-9-20-51(45)57-52)32-23-36-21-24-37(25-22-36)38-26-28-40(29-27-38)53-47-19-8-5-14-42(47)34-49-46-18-7-4-11-39(46)30-31-48(49)53/h1-35,55H/b32-23+,55-54?,56-50?. The van der Waals surface area contributed by atoms with Gasteiger partial charge in [-0.05, 0) is 90.5 Å². The molecule has 0 spiro atoms. The summed E-state index contributed by atoms with van der Waals surface area (Å²) in [5.41, 5.74) is 9.96. The number of aliphatic imine (C=N–C) groups is 1. The molecule has 0 fully saturated rings. The van der Waals surface area contributed by atoms with Crippen LogP contribution in [0.25, 0.3) is 82.9 Å². The number of rotatable bonds is 7. The van der Waals surface area contributed by atoms with Crippen LogP contribution in [0.3, 0.4) is 0 Å². The van der Waals surface area contributed by atoms with E-state index in [4.69, 9.17) is 14.8 Å². The number of fused-ring (bicyclic) bond motifs is 5. The normalized spacial score (nSPS) is 12.0. The van der Waals surface area contributed by atoms with Gasteiger partial charge >= 0.3 is 0 Å². The Bertz CT molecular complexity index is 3140. The number of hydrogen-bond acceptors (Lipinski definition) is 2. The second kappa shape index (κ2) is 14.6. The Morgan fingerprint density at radius 2 is 1.09 bits per heavy atom. The topological polar surface area (TPSA) is 49.4 Å². The predicted molar refractivity (Wildman–Crippen MR) is 240 cm³/mol. The molecule has 1 N–H and O–H groups in total. The highest BCUT2D eigenvalue weighted by atomic mass is 16.3. The van der Waals surface area contributed by atoms with Gasteiger partial charge in [-0.25, -0.2) is 4.99 Å². The molecule has 3 nitrogen and oxygen atoms in total. The maximum Gasteiger partial charge on any atom is 0.152 e. The number of benzene rings is 9. The highest BCUT2D eigenvalue weighted by Gasteiger charge is 2.13. The first-order chi connectivity index (χ1) is 28.1. The number of allylic oxidation sites excluding steroid dienone is 1. The van der Waals surface area contributed by atoms with Gasteiger partial charge in [-0.15, -0.1) is 0 Å². The van der Waals surface area contributed by atoms with E-state index in [2.05, 4.69) is 140 Å². The van der Waals surface area contributed by atoms with Crippen LogP contribution < -0.4 is 0 Å². The molecule has 1 aromatic heterocycles. The van der Waals surface area contributed by atoms with Crippen LogP contribution in [0.1, 0.15) is 16.7 Å². The lowest BCUT2D eigenvalue weighted by Crippen LogP contribution is -2.04. The fraction of sp³-hybridized carbons (Fsp3) is 0. The lowest BCUT2D eigenvalue weighted by atomic mass is 9.89. The third kappa shape index (κ3) is 6.62. The molecular formula is C54H36N2O. The summed E-state index contributed by atoms with van der Waals surface area (Å²) < 4.78 is 6.19. The summed E-state index contributed by atoms with van der Waals surface area (Å²) >= 11 is 0. The maximum absolute atomic E-state index is 8.85. The van der Waals surface area contributed by atoms with E-state index in [-0.39, 0.29) is 5.84 Å². The molecule has 10 aromatic rings. The zero-order valence-electron chi connectivity index (χ0n) is 31.1. The van der Waals surface area contributed by atoms with Crippen LogP contribution in [0.5, 0.6) is 0 Å². The van der Waals surface area contributed by atoms with E-state index in [0.717, 1.165) is 50.1 Å². The number of nitrogens with one attached hydrogen (secondary N) is 1. The van der Waals surface area contributed by atoms with E-state index in [1.807, 2.05) is 72.8 Å². The van der Waals surface area contributed by atoms with Crippen molar-refractivity contribution >= 4 is 60.9 Å². The Kier molecular flexibility index (Phi) is 8.66. The maximum atomic E-state index is 8.85. The van der Waals surface area contributed by atoms with Gasteiger partial charge in [-0.1, -0.05) is 182 Å². The largest absolute Gasteiger partial charge is 0.456 e. The summed E-state index contributed by atoms with van der Waals surface area (Å²) in [5, 5.41) is 17.5. The van der Waals surface area contributed by atoms with Crippen molar-refractivity contribution in [1.82, 2.24) is 0 Å². The lowest BCUT2D eigenvalue weighted by Gasteiger charge is -2.14. The van der Waals surface area contributed by atoms with Crippen LogP contribution in [0.15, 0.2) is 216 Å². The van der Waals surface area contributed by atoms with Crippen molar-refractivity contribution in [2.75, 3.05) is 0 Å². The van der Waals surface area contributed by atoms with Crippen molar-refractivity contribution < 1.29 is 4.42 Å². The fourth-order valence-electron chi connectivity index (χ4n) is 7.86. The molecule has 0 unspecified atom stereocenters. The van der Waals surface area contributed by atoms with Gasteiger partial charge in [0.25, 0.3) is 0 Å². The number of para-hydroxylation sites is 1. The molecule has 9 aromatic carbocycles. The van der Waals surface area contributed by atoms with E-state index >= 15 is 0 Å². The minimum absolute atomic E-state index is 0.202. The molecule has 3 heteroatoms. The van der Waals surface area contributed by atoms with E-state index in [9.17, 15) is 0 Å². The number of amidine groups is 1. The van der Waals surface area contributed by atoms with Crippen molar-refractivity contribution in [3.63, 3.8) is 0 Å². The first-order valence-corrected chi connectivity index (χ1v) is 19.2. The van der Waals surface area contributed by atoms with Crippen molar-refractivity contribution in [2.24, 2.45) is 4.99 Å². The Hall–Kier alpha value is -7.62. The summed E-state index contributed by atoms with van der Waals surface area (Å²) in [7, 11) is 0. The summed E-state index contributed by atoms with van der Waals surface area (Å²) in [6.45, 7) is 0. The Balaban J connectivity index is 0.958. The Morgan fingerprint density at radius 3 is 1.88 bits per heavy atom. The third-order valence-corrected chi connectivity index (χ3v) is 10.8. The van der Waals surface area contributed by atoms with E-state index in [1.165, 1.54) is 43.4 Å². The molecule has 57 heavy (non-hydrogen) atoms. The van der Waals surface area contributed by atoms with Gasteiger partial charge in [0.2, 0.25) is 0 Å². The first-order valence-electron chi connectivity index (χ1n) is 19.2. The molecule has 0 amide bonds. The number of hydrogen-bond donors (Lipinski definition) is 1. The van der Waals surface area contributed by atoms with Crippen molar-refractivity contribution in [1.29, 1.82) is 5.41 Å². The highest BCUT2D eigenvalue weighted by Crippen LogP contribution is 2.40. The second-order valence-corrected chi connectivity index (χ2v) is 14.3. The SMILES string of the molecule is N=C(N=C(/C=C/c1ccc(-c2ccc(-c3c4ccccc4cc4c3ccc3ccccc34)cc2)cc1)c1cccc(-c2cc3ccccc3o2)c1)c1ccccc1. The number of furan rings is 1. The molecule has 0 saturated heterocycles. The van der Waals surface area contributed by atoms with E-state index in [0.29, 0.717) is 5.71 Å². The van der Waals surface area contributed by atoms with Gasteiger partial charge in [0.1, 0.15) is 11.3 Å². The highest BCUT2D eigenvalue weighted by molar-refractivity contribution is 6.20. The van der Waals surface area contributed by atoms with Crippen molar-refractivity contribution in [3.05, 3.63) is 223 Å². The van der Waals surface area contributed by atoms with Gasteiger partial charge in [-0.2, -0.15) is 0 Å². The molecule has 0 bridgehead atoms. The molecule has 1 heterocycles. The van der Waals surface area contributed by atoms with Crippen LogP contribution in [-0.4, -0.2) is 11.5 Å². The van der Waals surface area contributed by atoms with Crippen molar-refractivity contribution in [3.8, 4) is 33.6 Å². The van der Waals surface area contributed by atoms with E-state index in [1.54, 1.807) is 0 Å². The van der Waals surface area contributed by atoms with Gasteiger partial charge in [0.15, 0.2) is 5.84 Å². The quantitative estimate of drug-likeness (QED) is 0.0755. The zero-order valence-corrected chi connectivity index (χ0v) is 31.1. The van der Waals surface area contributed by atoms with Crippen LogP contribution in [0.4, 0.5) is 0 Å². The van der Waals surface area contributed by atoms with Crippen LogP contribution in [0, 0.1) is 5.41 Å². The summed E-state index contributed by atoms with van der Waals surface area (Å²) in [5.74, 6) is 0.996. The number of nitrogens with zero attached hydrogens (tertiary/aromatic N) is 1. The molecule has 10 rings (SSSR count). The third-order valence-electron chi connectivity index (χ3n) is 10.8. The molecule has 0 aliphatic carbocycles. The summed E-state index contributed by atoms with van der Waals surface area (Å²) in [6, 6.07) is 69.6. The zero-order chi connectivity index (χ0) is 38.1. The molecule has 0 saturated carbocycles. The minimum atomic E-state index is 0.202. The Morgan fingerprint density at radius 1 is 0.439 bits per heavy atom. The lowest BCUT2D eigenvalue weighted by molar-refractivity contribution is 0.631. The molecule has 0 radical (unpaired) electrons. The summed E-state index contributed by atoms with van der Waals surface area (Å²) in [6.07, 6.45) is 4.06. The monoisotopic (exact) mass is 728 g/mol. The average molecular weight is 729 g/mol. The smallest absolute Gasteiger partial charge is 0.152 e. The Labute approximate surface area is 331 Å². The second-order valence-electron chi connectivity index (χ2n) is 14.3. The predicted octanol–water partition coefficient (Wildman–Crippen LogP) is 14.4. The van der Waals surface area contributed by atoms with Gasteiger partial charge in [-0.3, -0.25) is 5.41 Å². The van der Waals surface area contributed by atoms with Gasteiger partial charge < -0.3 is 4.42 Å². The van der Waals surface area contributed by atoms with E-state index < -0.39 is 0 Å². The molecular weight excluding hydrogens is 693 g/mol. The van der Waals surface area contributed by atoms with Crippen LogP contribution in [0.2, 0.25) is 0 Å². The van der Waals surface area contributed by atoms with Gasteiger partial charge in [0, 0.05) is 22.1 Å². The average Bonchev–Trinajstić information content (AvgIpc) is 3.72. The van der Waals surface area contributed by atoms with Crippen LogP contribution >= 0.6 is 0 Å².